The number of nitrogens with one attached hydrogen (secondary N) is 1. The Morgan fingerprint density at radius 1 is 0.650 bits per heavy atom. The lowest BCUT2D eigenvalue weighted by Crippen LogP contribution is -1.97. The summed E-state index contributed by atoms with van der Waals surface area (Å²) in [5.74, 6) is 0. The zero-order chi connectivity index (χ0) is 13.8. The van der Waals surface area contributed by atoms with E-state index in [1.165, 1.54) is 0 Å². The van der Waals surface area contributed by atoms with Gasteiger partial charge in [0.25, 0.3) is 0 Å². The smallest absolute Gasteiger partial charge is 0.0484 e. The Morgan fingerprint density at radius 3 is 2.00 bits per heavy atom. The predicted octanol–water partition coefficient (Wildman–Crippen LogP) is 4.68. The average Bonchev–Trinajstić information content (AvgIpc) is 2.49. The van der Waals surface area contributed by atoms with Crippen LogP contribution in [0.2, 0.25) is 0 Å². The zero-order valence-electron chi connectivity index (χ0n) is 11.1. The average molecular weight is 260 g/mol. The van der Waals surface area contributed by atoms with Gasteiger partial charge in [0.2, 0.25) is 0 Å². The summed E-state index contributed by atoms with van der Waals surface area (Å²) in [5.41, 5.74) is 11.2. The van der Waals surface area contributed by atoms with E-state index in [9.17, 15) is 0 Å². The molecule has 3 rings (SSSR count). The van der Waals surface area contributed by atoms with E-state index in [0.717, 1.165) is 28.2 Å². The van der Waals surface area contributed by atoms with Crippen molar-refractivity contribution >= 4 is 17.1 Å². The quantitative estimate of drug-likeness (QED) is 0.671. The number of para-hydroxylation sites is 1. The van der Waals surface area contributed by atoms with E-state index >= 15 is 0 Å². The van der Waals surface area contributed by atoms with Crippen molar-refractivity contribution in [3.05, 3.63) is 78.9 Å². The van der Waals surface area contributed by atoms with Crippen LogP contribution >= 0.6 is 0 Å². The van der Waals surface area contributed by atoms with E-state index in [0.29, 0.717) is 0 Å². The van der Waals surface area contributed by atoms with Crippen LogP contribution in [0, 0.1) is 0 Å². The van der Waals surface area contributed by atoms with Gasteiger partial charge in [-0.15, -0.1) is 0 Å². The van der Waals surface area contributed by atoms with Gasteiger partial charge in [-0.05, 0) is 29.8 Å². The molecule has 0 aliphatic rings. The monoisotopic (exact) mass is 260 g/mol. The van der Waals surface area contributed by atoms with E-state index in [4.69, 9.17) is 5.73 Å². The zero-order valence-corrected chi connectivity index (χ0v) is 11.1. The fraction of sp³-hybridized carbons (Fsp3) is 0. The van der Waals surface area contributed by atoms with Crippen molar-refractivity contribution in [1.29, 1.82) is 0 Å². The maximum atomic E-state index is 6.17. The number of benzene rings is 3. The minimum Gasteiger partial charge on any atom is -0.398 e. The van der Waals surface area contributed by atoms with Crippen LogP contribution in [0.15, 0.2) is 78.9 Å². The number of hydrogen-bond acceptors (Lipinski definition) is 2. The Bertz CT molecular complexity index is 691. The van der Waals surface area contributed by atoms with Gasteiger partial charge in [0, 0.05) is 22.6 Å². The Kier molecular flexibility index (Phi) is 3.38. The van der Waals surface area contributed by atoms with Crippen molar-refractivity contribution in [2.45, 2.75) is 0 Å². The van der Waals surface area contributed by atoms with Crippen LogP contribution < -0.4 is 11.1 Å². The maximum absolute atomic E-state index is 6.17. The van der Waals surface area contributed by atoms with Gasteiger partial charge in [-0.1, -0.05) is 54.6 Å². The molecule has 0 amide bonds. The topological polar surface area (TPSA) is 38.0 Å². The van der Waals surface area contributed by atoms with Crippen LogP contribution in [0.5, 0.6) is 0 Å². The van der Waals surface area contributed by atoms with E-state index in [1.54, 1.807) is 0 Å². The largest absolute Gasteiger partial charge is 0.398 e. The number of hydrogen-bond donors (Lipinski definition) is 2. The van der Waals surface area contributed by atoms with Gasteiger partial charge in [0.05, 0.1) is 0 Å². The maximum Gasteiger partial charge on any atom is 0.0484 e. The molecule has 0 aliphatic carbocycles. The van der Waals surface area contributed by atoms with E-state index < -0.39 is 0 Å². The van der Waals surface area contributed by atoms with Gasteiger partial charge in [-0.25, -0.2) is 0 Å². The fourth-order valence-corrected chi connectivity index (χ4v) is 2.28. The lowest BCUT2D eigenvalue weighted by atomic mass is 10.0. The van der Waals surface area contributed by atoms with Crippen LogP contribution in [0.25, 0.3) is 11.1 Å². The van der Waals surface area contributed by atoms with Crippen molar-refractivity contribution in [3.8, 4) is 11.1 Å². The van der Waals surface area contributed by atoms with E-state index in [1.807, 2.05) is 66.7 Å². The predicted molar refractivity (Wildman–Crippen MR) is 86.0 cm³/mol. The second-order valence-corrected chi connectivity index (χ2v) is 4.63. The Balaban J connectivity index is 2.06. The molecule has 0 bridgehead atoms. The van der Waals surface area contributed by atoms with Gasteiger partial charge in [0.15, 0.2) is 0 Å². The molecule has 0 heterocycles. The molecule has 3 N–H and O–H groups in total. The molecular weight excluding hydrogens is 244 g/mol. The molecular formula is C18H16N2. The Hall–Kier alpha value is -2.74. The molecule has 3 aromatic rings. The van der Waals surface area contributed by atoms with Gasteiger partial charge >= 0.3 is 0 Å². The third kappa shape index (κ3) is 2.50. The lowest BCUT2D eigenvalue weighted by Gasteiger charge is -2.14. The van der Waals surface area contributed by atoms with Gasteiger partial charge in [0.1, 0.15) is 0 Å². The summed E-state index contributed by atoms with van der Waals surface area (Å²) in [6, 6.07) is 26.2. The summed E-state index contributed by atoms with van der Waals surface area (Å²) in [6.45, 7) is 0. The van der Waals surface area contributed by atoms with E-state index in [-0.39, 0.29) is 0 Å². The third-order valence-electron chi connectivity index (χ3n) is 3.21. The van der Waals surface area contributed by atoms with Crippen LogP contribution in [0.3, 0.4) is 0 Å². The van der Waals surface area contributed by atoms with Gasteiger partial charge < -0.3 is 11.1 Å². The molecule has 0 saturated heterocycles. The molecule has 0 aromatic heterocycles. The first-order chi connectivity index (χ1) is 9.84. The van der Waals surface area contributed by atoms with Crippen molar-refractivity contribution in [2.24, 2.45) is 0 Å². The highest BCUT2D eigenvalue weighted by Gasteiger charge is 2.08. The molecule has 0 atom stereocenters. The summed E-state index contributed by atoms with van der Waals surface area (Å²) in [7, 11) is 0. The summed E-state index contributed by atoms with van der Waals surface area (Å²) >= 11 is 0. The van der Waals surface area contributed by atoms with Gasteiger partial charge in [-0.3, -0.25) is 0 Å². The molecule has 0 unspecified atom stereocenters. The summed E-state index contributed by atoms with van der Waals surface area (Å²) in [4.78, 5) is 0. The fourth-order valence-electron chi connectivity index (χ4n) is 2.28. The van der Waals surface area contributed by atoms with Crippen LogP contribution in [0.4, 0.5) is 17.1 Å². The summed E-state index contributed by atoms with van der Waals surface area (Å²) < 4.78 is 0. The van der Waals surface area contributed by atoms with Crippen LogP contribution in [-0.4, -0.2) is 0 Å². The number of nitrogen functional groups attached to an aromatic ring is 1. The molecule has 2 nitrogen and oxygen atoms in total. The van der Waals surface area contributed by atoms with Crippen molar-refractivity contribution in [1.82, 2.24) is 0 Å². The highest BCUT2D eigenvalue weighted by atomic mass is 14.9. The molecule has 20 heavy (non-hydrogen) atoms. The minimum atomic E-state index is 0.775. The number of nitrogens with two attached hydrogens (primary N) is 1. The minimum absolute atomic E-state index is 0.775. The first-order valence-electron chi connectivity index (χ1n) is 6.60. The lowest BCUT2D eigenvalue weighted by molar-refractivity contribution is 1.53. The second-order valence-electron chi connectivity index (χ2n) is 4.63. The Morgan fingerprint density at radius 2 is 1.30 bits per heavy atom. The first kappa shape index (κ1) is 12.3. The molecule has 0 aliphatic heterocycles. The standard InChI is InChI=1S/C18H16N2/c19-16-12-7-13-17(20-15-10-5-2-6-11-15)18(16)14-8-3-1-4-9-14/h1-13,20H,19H2. The molecule has 0 radical (unpaired) electrons. The molecule has 2 heteroatoms. The molecule has 0 fully saturated rings. The van der Waals surface area contributed by atoms with Crippen LogP contribution in [-0.2, 0) is 0 Å². The van der Waals surface area contributed by atoms with Crippen LogP contribution in [0.1, 0.15) is 0 Å². The molecule has 0 spiro atoms. The SMILES string of the molecule is Nc1cccc(Nc2ccccc2)c1-c1ccccc1. The second kappa shape index (κ2) is 5.49. The molecule has 0 saturated carbocycles. The highest BCUT2D eigenvalue weighted by Crippen LogP contribution is 2.34. The highest BCUT2D eigenvalue weighted by molar-refractivity contribution is 5.89. The first-order valence-corrected chi connectivity index (χ1v) is 6.60. The Labute approximate surface area is 118 Å². The molecule has 3 aromatic carbocycles. The number of anilines is 3. The van der Waals surface area contributed by atoms with E-state index in [2.05, 4.69) is 17.4 Å². The molecule has 98 valence electrons. The van der Waals surface area contributed by atoms with Gasteiger partial charge in [-0.2, -0.15) is 0 Å². The van der Waals surface area contributed by atoms with Crippen molar-refractivity contribution < 1.29 is 0 Å². The van der Waals surface area contributed by atoms with Crippen molar-refractivity contribution in [3.63, 3.8) is 0 Å². The third-order valence-corrected chi connectivity index (χ3v) is 3.21. The summed E-state index contributed by atoms with van der Waals surface area (Å²) in [5, 5.41) is 3.43. The number of rotatable bonds is 3. The normalized spacial score (nSPS) is 10.2. The summed E-state index contributed by atoms with van der Waals surface area (Å²) in [6.07, 6.45) is 0. The van der Waals surface area contributed by atoms with Crippen molar-refractivity contribution in [2.75, 3.05) is 11.1 Å².